The van der Waals surface area contributed by atoms with E-state index in [4.69, 9.17) is 0 Å². The first kappa shape index (κ1) is 15.3. The van der Waals surface area contributed by atoms with Gasteiger partial charge in [0.05, 0.1) is 11.2 Å². The van der Waals surface area contributed by atoms with Gasteiger partial charge in [0.25, 0.3) is 0 Å². The molecule has 1 saturated carbocycles. The molecule has 1 N–H and O–H groups in total. The van der Waals surface area contributed by atoms with E-state index in [1.807, 2.05) is 0 Å². The molecule has 0 atom stereocenters. The maximum atomic E-state index is 14.2. The van der Waals surface area contributed by atoms with Crippen LogP contribution in [-0.2, 0) is 0 Å². The van der Waals surface area contributed by atoms with Gasteiger partial charge in [-0.2, -0.15) is 0 Å². The largest absolute Gasteiger partial charge is 0.352 e. The number of nitrogens with one attached hydrogen (secondary N) is 1. The van der Waals surface area contributed by atoms with Gasteiger partial charge in [-0.05, 0) is 66.1 Å². The molecule has 4 rings (SSSR count). The molecular weight excluding hydrogens is 311 g/mol. The summed E-state index contributed by atoms with van der Waals surface area (Å²) in [6.45, 7) is 2.16. The lowest BCUT2D eigenvalue weighted by Crippen LogP contribution is -2.21. The van der Waals surface area contributed by atoms with Gasteiger partial charge in [0.2, 0.25) is 0 Å². The van der Waals surface area contributed by atoms with Gasteiger partial charge in [0.1, 0.15) is 17.5 Å². The SMILES string of the molecule is CC[C@H]1C[C@@H](c2c(-c3ccc(F)cc3)[nH]c3c(F)cc(F)cc32)C1. The molecule has 0 aliphatic heterocycles. The van der Waals surface area contributed by atoms with Crippen LogP contribution >= 0.6 is 0 Å². The van der Waals surface area contributed by atoms with Crippen LogP contribution in [0, 0.1) is 23.4 Å². The van der Waals surface area contributed by atoms with E-state index in [2.05, 4.69) is 11.9 Å². The molecule has 1 aliphatic rings. The molecule has 24 heavy (non-hydrogen) atoms. The predicted octanol–water partition coefficient (Wildman–Crippen LogP) is 6.16. The van der Waals surface area contributed by atoms with Crippen molar-refractivity contribution in [1.29, 1.82) is 0 Å². The summed E-state index contributed by atoms with van der Waals surface area (Å²) in [7, 11) is 0. The molecule has 0 spiro atoms. The van der Waals surface area contributed by atoms with Gasteiger partial charge in [0.15, 0.2) is 0 Å². The highest BCUT2D eigenvalue weighted by Crippen LogP contribution is 2.49. The third-order valence-corrected chi connectivity index (χ3v) is 5.22. The number of fused-ring (bicyclic) bond motifs is 1. The highest BCUT2D eigenvalue weighted by atomic mass is 19.1. The molecule has 0 amide bonds. The molecule has 1 heterocycles. The van der Waals surface area contributed by atoms with E-state index in [-0.39, 0.29) is 11.7 Å². The lowest BCUT2D eigenvalue weighted by Gasteiger charge is -2.35. The Kier molecular flexibility index (Phi) is 3.63. The monoisotopic (exact) mass is 329 g/mol. The molecule has 3 aromatic rings. The fourth-order valence-corrected chi connectivity index (χ4v) is 3.81. The first-order valence-electron chi connectivity index (χ1n) is 8.33. The van der Waals surface area contributed by atoms with E-state index >= 15 is 0 Å². The van der Waals surface area contributed by atoms with Crippen LogP contribution in [0.5, 0.6) is 0 Å². The van der Waals surface area contributed by atoms with Crippen molar-refractivity contribution in [3.8, 4) is 11.3 Å². The quantitative estimate of drug-likeness (QED) is 0.592. The lowest BCUT2D eigenvalue weighted by atomic mass is 9.69. The Balaban J connectivity index is 1.91. The zero-order valence-electron chi connectivity index (χ0n) is 13.4. The van der Waals surface area contributed by atoms with Crippen molar-refractivity contribution in [2.75, 3.05) is 0 Å². The van der Waals surface area contributed by atoms with Crippen molar-refractivity contribution in [2.24, 2.45) is 5.92 Å². The molecule has 0 bridgehead atoms. The molecule has 0 radical (unpaired) electrons. The second-order valence-electron chi connectivity index (χ2n) is 6.67. The smallest absolute Gasteiger partial charge is 0.150 e. The van der Waals surface area contributed by atoms with Gasteiger partial charge in [-0.3, -0.25) is 0 Å². The fourth-order valence-electron chi connectivity index (χ4n) is 3.81. The van der Waals surface area contributed by atoms with Crippen LogP contribution in [0.15, 0.2) is 36.4 Å². The van der Waals surface area contributed by atoms with E-state index in [0.29, 0.717) is 16.8 Å². The second kappa shape index (κ2) is 5.69. The lowest BCUT2D eigenvalue weighted by molar-refractivity contribution is 0.258. The van der Waals surface area contributed by atoms with Crippen molar-refractivity contribution in [3.63, 3.8) is 0 Å². The van der Waals surface area contributed by atoms with E-state index in [0.717, 1.165) is 42.1 Å². The molecule has 4 heteroatoms. The Morgan fingerprint density at radius 2 is 1.71 bits per heavy atom. The van der Waals surface area contributed by atoms with E-state index in [9.17, 15) is 13.2 Å². The average Bonchev–Trinajstić information content (AvgIpc) is 2.87. The Labute approximate surface area is 138 Å². The van der Waals surface area contributed by atoms with E-state index in [1.54, 1.807) is 12.1 Å². The molecule has 1 nitrogen and oxygen atoms in total. The van der Waals surface area contributed by atoms with Crippen molar-refractivity contribution >= 4 is 10.9 Å². The summed E-state index contributed by atoms with van der Waals surface area (Å²) in [5.41, 5.74) is 2.85. The average molecular weight is 329 g/mol. The first-order valence-corrected chi connectivity index (χ1v) is 8.33. The van der Waals surface area contributed by atoms with Gasteiger partial charge >= 0.3 is 0 Å². The molecule has 0 unspecified atom stereocenters. The molecule has 124 valence electrons. The maximum absolute atomic E-state index is 14.2. The summed E-state index contributed by atoms with van der Waals surface area (Å²) in [6, 6.07) is 8.42. The summed E-state index contributed by atoms with van der Waals surface area (Å²) < 4.78 is 41.2. The van der Waals surface area contributed by atoms with Gasteiger partial charge in [0, 0.05) is 11.5 Å². The number of rotatable bonds is 3. The number of aromatic nitrogens is 1. The molecule has 0 saturated heterocycles. The third-order valence-electron chi connectivity index (χ3n) is 5.22. The number of halogens is 3. The molecule has 1 aliphatic carbocycles. The number of H-pyrrole nitrogens is 1. The van der Waals surface area contributed by atoms with Crippen LogP contribution in [0.4, 0.5) is 13.2 Å². The zero-order valence-corrected chi connectivity index (χ0v) is 13.4. The van der Waals surface area contributed by atoms with Crippen molar-refractivity contribution in [1.82, 2.24) is 4.98 Å². The van der Waals surface area contributed by atoms with Crippen molar-refractivity contribution in [2.45, 2.75) is 32.1 Å². The predicted molar refractivity (Wildman–Crippen MR) is 89.4 cm³/mol. The van der Waals surface area contributed by atoms with Crippen LogP contribution in [0.1, 0.15) is 37.7 Å². The number of hydrogen-bond donors (Lipinski definition) is 1. The number of benzene rings is 2. The highest BCUT2D eigenvalue weighted by molar-refractivity contribution is 5.92. The van der Waals surface area contributed by atoms with Crippen LogP contribution < -0.4 is 0 Å². The van der Waals surface area contributed by atoms with E-state index < -0.39 is 11.6 Å². The van der Waals surface area contributed by atoms with Crippen LogP contribution in [0.25, 0.3) is 22.2 Å². The number of hydrogen-bond acceptors (Lipinski definition) is 0. The van der Waals surface area contributed by atoms with Gasteiger partial charge in [-0.1, -0.05) is 13.3 Å². The third kappa shape index (κ3) is 2.41. The Bertz CT molecular complexity index is 889. The minimum absolute atomic E-state index is 0.282. The zero-order chi connectivity index (χ0) is 16.8. The standard InChI is InChI=1S/C20H18F3N/c1-2-11-7-13(8-11)18-16-9-15(22)10-17(23)20(16)24-19(18)12-3-5-14(21)6-4-12/h3-6,9-11,13,24H,2,7-8H2,1H3/t11-,13+. The van der Waals surface area contributed by atoms with Crippen molar-refractivity contribution < 1.29 is 13.2 Å². The summed E-state index contributed by atoms with van der Waals surface area (Å²) >= 11 is 0. The van der Waals surface area contributed by atoms with Gasteiger partial charge < -0.3 is 4.98 Å². The molecule has 1 fully saturated rings. The Morgan fingerprint density at radius 3 is 2.38 bits per heavy atom. The summed E-state index contributed by atoms with van der Waals surface area (Å²) in [5, 5.41) is 0.603. The van der Waals surface area contributed by atoms with Gasteiger partial charge in [-0.15, -0.1) is 0 Å². The number of aromatic amines is 1. The summed E-state index contributed by atoms with van der Waals surface area (Å²) in [4.78, 5) is 3.11. The van der Waals surface area contributed by atoms with Crippen molar-refractivity contribution in [3.05, 3.63) is 59.4 Å². The van der Waals surface area contributed by atoms with Crippen LogP contribution in [-0.4, -0.2) is 4.98 Å². The fraction of sp³-hybridized carbons (Fsp3) is 0.300. The molecule has 2 aromatic carbocycles. The second-order valence-corrected chi connectivity index (χ2v) is 6.67. The topological polar surface area (TPSA) is 15.8 Å². The Hall–Kier alpha value is -2.23. The molecular formula is C20H18F3N. The summed E-state index contributed by atoms with van der Waals surface area (Å²) in [6.07, 6.45) is 3.17. The van der Waals surface area contributed by atoms with E-state index in [1.165, 1.54) is 18.2 Å². The Morgan fingerprint density at radius 1 is 1.00 bits per heavy atom. The first-order chi connectivity index (χ1) is 11.6. The minimum Gasteiger partial charge on any atom is -0.352 e. The maximum Gasteiger partial charge on any atom is 0.150 e. The van der Waals surface area contributed by atoms with Gasteiger partial charge in [-0.25, -0.2) is 13.2 Å². The minimum atomic E-state index is -0.592. The highest BCUT2D eigenvalue weighted by Gasteiger charge is 2.33. The van der Waals surface area contributed by atoms with Crippen LogP contribution in [0.3, 0.4) is 0 Å². The van der Waals surface area contributed by atoms with Crippen LogP contribution in [0.2, 0.25) is 0 Å². The normalized spacial score (nSPS) is 20.3. The summed E-state index contributed by atoms with van der Waals surface area (Å²) in [5.74, 6) is -0.532. The molecule has 1 aromatic heterocycles.